The second kappa shape index (κ2) is 10.1. The first-order chi connectivity index (χ1) is 12.4. The number of nitrogens with zero attached hydrogens (tertiary/aromatic N) is 2. The maximum Gasteiger partial charge on any atom is 0.387 e. The first-order valence-electron chi connectivity index (χ1n) is 8.83. The summed E-state index contributed by atoms with van der Waals surface area (Å²) < 4.78 is 30.5. The molecule has 2 N–H and O–H groups in total. The van der Waals surface area contributed by atoms with Crippen LogP contribution in [0.4, 0.5) is 8.78 Å². The van der Waals surface area contributed by atoms with Crippen LogP contribution in [0.2, 0.25) is 0 Å². The summed E-state index contributed by atoms with van der Waals surface area (Å²) in [6.07, 6.45) is 2.10. The molecular formula is C18H27BrF2N4O. The van der Waals surface area contributed by atoms with Crippen LogP contribution in [0, 0.1) is 0 Å². The van der Waals surface area contributed by atoms with Gasteiger partial charge in [-0.1, -0.05) is 15.9 Å². The van der Waals surface area contributed by atoms with Gasteiger partial charge in [0.1, 0.15) is 5.75 Å². The van der Waals surface area contributed by atoms with E-state index in [1.165, 1.54) is 6.07 Å². The minimum atomic E-state index is -2.85. The number of aliphatic imine (C=N–C) groups is 1. The van der Waals surface area contributed by atoms with E-state index < -0.39 is 6.61 Å². The molecule has 1 aromatic carbocycles. The van der Waals surface area contributed by atoms with E-state index in [1.54, 1.807) is 19.2 Å². The average Bonchev–Trinajstić information content (AvgIpc) is 2.60. The van der Waals surface area contributed by atoms with Crippen molar-refractivity contribution in [1.29, 1.82) is 0 Å². The van der Waals surface area contributed by atoms with Crippen molar-refractivity contribution in [3.63, 3.8) is 0 Å². The van der Waals surface area contributed by atoms with Crippen molar-refractivity contribution in [2.45, 2.75) is 51.9 Å². The number of hydrogen-bond acceptors (Lipinski definition) is 3. The zero-order chi connectivity index (χ0) is 19.1. The van der Waals surface area contributed by atoms with Gasteiger partial charge in [-0.05, 0) is 44.9 Å². The third kappa shape index (κ3) is 6.39. The van der Waals surface area contributed by atoms with Gasteiger partial charge in [0.25, 0.3) is 0 Å². The molecule has 2 rings (SSSR count). The maximum absolute atomic E-state index is 12.6. The third-order valence-corrected chi connectivity index (χ3v) is 5.00. The number of nitrogens with one attached hydrogen (secondary N) is 2. The lowest BCUT2D eigenvalue weighted by atomic mass is 10.0. The number of hydrogen-bond donors (Lipinski definition) is 2. The standard InChI is InChI=1S/C18H27BrF2N4O/c1-12(2)25-8-6-15(7-9-25)24-18(22-3)23-11-13-10-14(19)4-5-16(13)26-17(20)21/h4-5,10,12,15,17H,6-9,11H2,1-3H3,(H2,22,23,24). The summed E-state index contributed by atoms with van der Waals surface area (Å²) in [5, 5.41) is 6.61. The Bertz CT molecular complexity index is 605. The van der Waals surface area contributed by atoms with E-state index in [4.69, 9.17) is 0 Å². The fourth-order valence-electron chi connectivity index (χ4n) is 3.02. The van der Waals surface area contributed by atoms with Crippen LogP contribution in [0.5, 0.6) is 5.75 Å². The summed E-state index contributed by atoms with van der Waals surface area (Å²) in [6.45, 7) is 4.04. The van der Waals surface area contributed by atoms with E-state index in [9.17, 15) is 8.78 Å². The van der Waals surface area contributed by atoms with Gasteiger partial charge >= 0.3 is 6.61 Å². The van der Waals surface area contributed by atoms with Crippen LogP contribution >= 0.6 is 15.9 Å². The van der Waals surface area contributed by atoms with Crippen LogP contribution in [0.3, 0.4) is 0 Å². The minimum absolute atomic E-state index is 0.163. The van der Waals surface area contributed by atoms with E-state index in [2.05, 4.69) is 55.0 Å². The summed E-state index contributed by atoms with van der Waals surface area (Å²) in [5.41, 5.74) is 0.636. The van der Waals surface area contributed by atoms with Crippen LogP contribution in [0.15, 0.2) is 27.7 Å². The Kier molecular flexibility index (Phi) is 8.09. The fourth-order valence-corrected chi connectivity index (χ4v) is 3.43. The van der Waals surface area contributed by atoms with Gasteiger partial charge in [-0.15, -0.1) is 0 Å². The summed E-state index contributed by atoms with van der Waals surface area (Å²) in [5.74, 6) is 0.826. The molecule has 26 heavy (non-hydrogen) atoms. The molecule has 1 saturated heterocycles. The molecule has 1 aliphatic heterocycles. The lowest BCUT2D eigenvalue weighted by Gasteiger charge is -2.35. The van der Waals surface area contributed by atoms with Gasteiger partial charge in [0.05, 0.1) is 0 Å². The van der Waals surface area contributed by atoms with Gasteiger partial charge in [-0.3, -0.25) is 4.99 Å². The maximum atomic E-state index is 12.6. The zero-order valence-electron chi connectivity index (χ0n) is 15.4. The van der Waals surface area contributed by atoms with Crippen molar-refractivity contribution in [3.05, 3.63) is 28.2 Å². The largest absolute Gasteiger partial charge is 0.434 e. The molecule has 1 aromatic rings. The van der Waals surface area contributed by atoms with Crippen molar-refractivity contribution in [2.75, 3.05) is 20.1 Å². The molecule has 5 nitrogen and oxygen atoms in total. The number of rotatable bonds is 6. The average molecular weight is 433 g/mol. The fraction of sp³-hybridized carbons (Fsp3) is 0.611. The quantitative estimate of drug-likeness (QED) is 0.532. The van der Waals surface area contributed by atoms with Crippen LogP contribution in [0.1, 0.15) is 32.3 Å². The van der Waals surface area contributed by atoms with Crippen LogP contribution < -0.4 is 15.4 Å². The first kappa shape index (κ1) is 20.9. The normalized spacial score (nSPS) is 17.0. The highest BCUT2D eigenvalue weighted by molar-refractivity contribution is 9.10. The Hall–Kier alpha value is -1.41. The Morgan fingerprint density at radius 3 is 2.62 bits per heavy atom. The van der Waals surface area contributed by atoms with Crippen LogP contribution in [-0.2, 0) is 6.54 Å². The van der Waals surface area contributed by atoms with Crippen molar-refractivity contribution in [1.82, 2.24) is 15.5 Å². The van der Waals surface area contributed by atoms with Gasteiger partial charge in [0.15, 0.2) is 5.96 Å². The molecule has 1 heterocycles. The number of piperidine rings is 1. The first-order valence-corrected chi connectivity index (χ1v) is 9.62. The SMILES string of the molecule is CN=C(NCc1cc(Br)ccc1OC(F)F)NC1CCN(C(C)C)CC1. The summed E-state index contributed by atoms with van der Waals surface area (Å²) in [7, 11) is 1.70. The molecule has 0 radical (unpaired) electrons. The monoisotopic (exact) mass is 432 g/mol. The summed E-state index contributed by atoms with van der Waals surface area (Å²) in [4.78, 5) is 6.71. The molecule has 8 heteroatoms. The van der Waals surface area contributed by atoms with Gasteiger partial charge in [-0.2, -0.15) is 8.78 Å². The predicted octanol–water partition coefficient (Wildman–Crippen LogP) is 3.59. The molecule has 0 atom stereocenters. The molecule has 0 aliphatic carbocycles. The number of benzene rings is 1. The molecule has 1 fully saturated rings. The summed E-state index contributed by atoms with van der Waals surface area (Å²) >= 11 is 3.36. The number of halogens is 3. The van der Waals surface area contributed by atoms with Crippen molar-refractivity contribution in [3.8, 4) is 5.75 Å². The van der Waals surface area contributed by atoms with Gasteiger partial charge in [0, 0.05) is 48.8 Å². The highest BCUT2D eigenvalue weighted by Crippen LogP contribution is 2.24. The molecule has 0 amide bonds. The van der Waals surface area contributed by atoms with Crippen molar-refractivity contribution < 1.29 is 13.5 Å². The van der Waals surface area contributed by atoms with Crippen molar-refractivity contribution >= 4 is 21.9 Å². The van der Waals surface area contributed by atoms with Crippen LogP contribution in [0.25, 0.3) is 0 Å². The molecule has 0 unspecified atom stereocenters. The van der Waals surface area contributed by atoms with E-state index in [-0.39, 0.29) is 5.75 Å². The molecule has 0 aromatic heterocycles. The zero-order valence-corrected chi connectivity index (χ0v) is 17.0. The molecule has 146 valence electrons. The number of ether oxygens (including phenoxy) is 1. The molecule has 0 spiro atoms. The Labute approximate surface area is 162 Å². The van der Waals surface area contributed by atoms with E-state index >= 15 is 0 Å². The Morgan fingerprint density at radius 2 is 2.04 bits per heavy atom. The highest BCUT2D eigenvalue weighted by atomic mass is 79.9. The topological polar surface area (TPSA) is 48.9 Å². The summed E-state index contributed by atoms with van der Waals surface area (Å²) in [6, 6.07) is 5.90. The second-order valence-corrected chi connectivity index (χ2v) is 7.52. The van der Waals surface area contributed by atoms with Gasteiger partial charge < -0.3 is 20.3 Å². The smallest absolute Gasteiger partial charge is 0.387 e. The van der Waals surface area contributed by atoms with E-state index in [1.807, 2.05) is 0 Å². The van der Waals surface area contributed by atoms with E-state index in [0.717, 1.165) is 30.4 Å². The van der Waals surface area contributed by atoms with Crippen LogP contribution in [-0.4, -0.2) is 49.7 Å². The minimum Gasteiger partial charge on any atom is -0.434 e. The Balaban J connectivity index is 1.90. The highest BCUT2D eigenvalue weighted by Gasteiger charge is 2.21. The number of guanidine groups is 1. The van der Waals surface area contributed by atoms with Gasteiger partial charge in [0.2, 0.25) is 0 Å². The molecule has 0 bridgehead atoms. The number of likely N-dealkylation sites (tertiary alicyclic amines) is 1. The second-order valence-electron chi connectivity index (χ2n) is 6.60. The lowest BCUT2D eigenvalue weighted by Crippen LogP contribution is -2.49. The van der Waals surface area contributed by atoms with Gasteiger partial charge in [-0.25, -0.2) is 0 Å². The number of alkyl halides is 2. The molecule has 1 aliphatic rings. The van der Waals surface area contributed by atoms with Crippen molar-refractivity contribution in [2.24, 2.45) is 4.99 Å². The Morgan fingerprint density at radius 1 is 1.35 bits per heavy atom. The lowest BCUT2D eigenvalue weighted by molar-refractivity contribution is -0.0504. The molecular weight excluding hydrogens is 406 g/mol. The predicted molar refractivity (Wildman–Crippen MR) is 104 cm³/mol. The molecule has 0 saturated carbocycles. The third-order valence-electron chi connectivity index (χ3n) is 4.51. The van der Waals surface area contributed by atoms with E-state index in [0.29, 0.717) is 30.2 Å².